The first-order valence-corrected chi connectivity index (χ1v) is 6.36. The molecular formula is C14H24N2O. The minimum absolute atomic E-state index is 0.206. The minimum atomic E-state index is 0.206. The van der Waals surface area contributed by atoms with Crippen LogP contribution in [0.4, 0.5) is 0 Å². The molecule has 0 saturated heterocycles. The van der Waals surface area contributed by atoms with Crippen LogP contribution in [0.1, 0.15) is 45.2 Å². The van der Waals surface area contributed by atoms with Crippen LogP contribution >= 0.6 is 0 Å². The van der Waals surface area contributed by atoms with Gasteiger partial charge in [0, 0.05) is 6.04 Å². The maximum absolute atomic E-state index is 5.62. The molecule has 1 unspecified atom stereocenters. The Bertz CT molecular complexity index is 326. The molecule has 0 aliphatic heterocycles. The number of hydrazine groups is 1. The second kappa shape index (κ2) is 7.30. The Morgan fingerprint density at radius 1 is 1.29 bits per heavy atom. The molecule has 0 aromatic heterocycles. The van der Waals surface area contributed by atoms with Gasteiger partial charge in [0.1, 0.15) is 5.75 Å². The smallest absolute Gasteiger partial charge is 0.119 e. The number of hydrogen-bond donors (Lipinski definition) is 2. The fourth-order valence-corrected chi connectivity index (χ4v) is 1.83. The molecule has 0 heterocycles. The van der Waals surface area contributed by atoms with E-state index in [9.17, 15) is 0 Å². The van der Waals surface area contributed by atoms with Crippen LogP contribution in [-0.4, -0.2) is 6.61 Å². The summed E-state index contributed by atoms with van der Waals surface area (Å²) in [4.78, 5) is 0. The molecule has 1 aromatic rings. The molecule has 1 aromatic carbocycles. The van der Waals surface area contributed by atoms with Gasteiger partial charge in [-0.3, -0.25) is 11.3 Å². The Labute approximate surface area is 104 Å². The zero-order valence-corrected chi connectivity index (χ0v) is 11.1. The highest BCUT2D eigenvalue weighted by atomic mass is 16.5. The van der Waals surface area contributed by atoms with E-state index in [1.165, 1.54) is 5.56 Å². The van der Waals surface area contributed by atoms with Crippen molar-refractivity contribution in [3.05, 3.63) is 29.8 Å². The van der Waals surface area contributed by atoms with Crippen LogP contribution in [0, 0.1) is 5.92 Å². The number of nitrogens with two attached hydrogens (primary N) is 1. The SMILES string of the molecule is CCOc1cccc(C(CCC(C)C)NN)c1. The van der Waals surface area contributed by atoms with E-state index in [0.717, 1.165) is 18.6 Å². The molecule has 3 nitrogen and oxygen atoms in total. The van der Waals surface area contributed by atoms with Gasteiger partial charge in [-0.25, -0.2) is 0 Å². The molecular weight excluding hydrogens is 212 g/mol. The van der Waals surface area contributed by atoms with Crippen molar-refractivity contribution in [2.45, 2.75) is 39.7 Å². The van der Waals surface area contributed by atoms with Gasteiger partial charge < -0.3 is 4.74 Å². The van der Waals surface area contributed by atoms with E-state index in [0.29, 0.717) is 12.5 Å². The highest BCUT2D eigenvalue weighted by Crippen LogP contribution is 2.23. The molecule has 0 radical (unpaired) electrons. The molecule has 0 amide bonds. The van der Waals surface area contributed by atoms with Crippen LogP contribution in [0.25, 0.3) is 0 Å². The van der Waals surface area contributed by atoms with Gasteiger partial charge in [-0.1, -0.05) is 26.0 Å². The van der Waals surface area contributed by atoms with Crippen LogP contribution in [0.15, 0.2) is 24.3 Å². The number of rotatable bonds is 7. The van der Waals surface area contributed by atoms with Gasteiger partial charge in [0.25, 0.3) is 0 Å². The highest BCUT2D eigenvalue weighted by Gasteiger charge is 2.11. The van der Waals surface area contributed by atoms with Crippen molar-refractivity contribution in [3.63, 3.8) is 0 Å². The van der Waals surface area contributed by atoms with E-state index in [1.54, 1.807) is 0 Å². The van der Waals surface area contributed by atoms with Gasteiger partial charge >= 0.3 is 0 Å². The number of benzene rings is 1. The fraction of sp³-hybridized carbons (Fsp3) is 0.571. The van der Waals surface area contributed by atoms with Gasteiger partial charge in [0.2, 0.25) is 0 Å². The van der Waals surface area contributed by atoms with Crippen molar-refractivity contribution in [2.75, 3.05) is 6.61 Å². The largest absolute Gasteiger partial charge is 0.494 e. The molecule has 1 atom stereocenters. The zero-order chi connectivity index (χ0) is 12.7. The lowest BCUT2D eigenvalue weighted by Gasteiger charge is -2.18. The Balaban J connectivity index is 2.69. The topological polar surface area (TPSA) is 47.3 Å². The molecule has 3 N–H and O–H groups in total. The van der Waals surface area contributed by atoms with Crippen LogP contribution < -0.4 is 16.0 Å². The predicted octanol–water partition coefficient (Wildman–Crippen LogP) is 3.03. The third-order valence-corrected chi connectivity index (χ3v) is 2.81. The third-order valence-electron chi connectivity index (χ3n) is 2.81. The van der Waals surface area contributed by atoms with Crippen molar-refractivity contribution in [2.24, 2.45) is 11.8 Å². The molecule has 0 aliphatic rings. The predicted molar refractivity (Wildman–Crippen MR) is 71.7 cm³/mol. The fourth-order valence-electron chi connectivity index (χ4n) is 1.83. The molecule has 0 spiro atoms. The first-order chi connectivity index (χ1) is 8.17. The molecule has 0 saturated carbocycles. The van der Waals surface area contributed by atoms with Crippen LogP contribution in [0.2, 0.25) is 0 Å². The maximum Gasteiger partial charge on any atom is 0.119 e. The second-order valence-electron chi connectivity index (χ2n) is 4.70. The Hall–Kier alpha value is -1.06. The molecule has 1 rings (SSSR count). The lowest BCUT2D eigenvalue weighted by atomic mass is 9.98. The number of ether oxygens (including phenoxy) is 1. The monoisotopic (exact) mass is 236 g/mol. The average molecular weight is 236 g/mol. The summed E-state index contributed by atoms with van der Waals surface area (Å²) in [6.45, 7) is 7.13. The van der Waals surface area contributed by atoms with Gasteiger partial charge in [-0.2, -0.15) is 0 Å². The van der Waals surface area contributed by atoms with Crippen molar-refractivity contribution in [3.8, 4) is 5.75 Å². The van der Waals surface area contributed by atoms with Crippen molar-refractivity contribution in [1.82, 2.24) is 5.43 Å². The molecule has 96 valence electrons. The van der Waals surface area contributed by atoms with Crippen LogP contribution in [0.5, 0.6) is 5.75 Å². The summed E-state index contributed by atoms with van der Waals surface area (Å²) in [6, 6.07) is 8.35. The summed E-state index contributed by atoms with van der Waals surface area (Å²) in [5.41, 5.74) is 4.08. The van der Waals surface area contributed by atoms with Gasteiger partial charge in [0.05, 0.1) is 6.61 Å². The maximum atomic E-state index is 5.62. The number of nitrogens with one attached hydrogen (secondary N) is 1. The molecule has 0 aliphatic carbocycles. The number of hydrogen-bond acceptors (Lipinski definition) is 3. The molecule has 0 fully saturated rings. The van der Waals surface area contributed by atoms with Gasteiger partial charge in [-0.15, -0.1) is 0 Å². The van der Waals surface area contributed by atoms with E-state index in [2.05, 4.69) is 31.4 Å². The highest BCUT2D eigenvalue weighted by molar-refractivity contribution is 5.30. The Morgan fingerprint density at radius 2 is 2.06 bits per heavy atom. The lowest BCUT2D eigenvalue weighted by molar-refractivity contribution is 0.339. The van der Waals surface area contributed by atoms with Crippen molar-refractivity contribution in [1.29, 1.82) is 0 Å². The van der Waals surface area contributed by atoms with Crippen LogP contribution in [-0.2, 0) is 0 Å². The summed E-state index contributed by atoms with van der Waals surface area (Å²) in [6.07, 6.45) is 2.21. The standard InChI is InChI=1S/C14H24N2O/c1-4-17-13-7-5-6-12(10-13)14(16-15)9-8-11(2)3/h5-7,10-11,14,16H,4,8-9,15H2,1-3H3. The quantitative estimate of drug-likeness (QED) is 0.565. The van der Waals surface area contributed by atoms with E-state index in [-0.39, 0.29) is 6.04 Å². The summed E-state index contributed by atoms with van der Waals surface area (Å²) in [7, 11) is 0. The van der Waals surface area contributed by atoms with Gasteiger partial charge in [0.15, 0.2) is 0 Å². The second-order valence-corrected chi connectivity index (χ2v) is 4.70. The minimum Gasteiger partial charge on any atom is -0.494 e. The summed E-state index contributed by atoms with van der Waals surface area (Å²) >= 11 is 0. The normalized spacial score (nSPS) is 12.8. The molecule has 0 bridgehead atoms. The molecule has 17 heavy (non-hydrogen) atoms. The van der Waals surface area contributed by atoms with Crippen molar-refractivity contribution < 1.29 is 4.74 Å². The van der Waals surface area contributed by atoms with Crippen molar-refractivity contribution >= 4 is 0 Å². The summed E-state index contributed by atoms with van der Waals surface area (Å²) < 4.78 is 5.50. The Morgan fingerprint density at radius 3 is 2.65 bits per heavy atom. The first-order valence-electron chi connectivity index (χ1n) is 6.36. The summed E-state index contributed by atoms with van der Waals surface area (Å²) in [5.74, 6) is 7.23. The van der Waals surface area contributed by atoms with Gasteiger partial charge in [-0.05, 0) is 43.4 Å². The Kier molecular flexibility index (Phi) is 6.01. The first kappa shape index (κ1) is 14.0. The molecule has 3 heteroatoms. The van der Waals surface area contributed by atoms with E-state index >= 15 is 0 Å². The third kappa shape index (κ3) is 4.75. The van der Waals surface area contributed by atoms with E-state index in [4.69, 9.17) is 10.6 Å². The van der Waals surface area contributed by atoms with Crippen LogP contribution in [0.3, 0.4) is 0 Å². The van der Waals surface area contributed by atoms with E-state index in [1.807, 2.05) is 19.1 Å². The van der Waals surface area contributed by atoms with E-state index < -0.39 is 0 Å². The lowest BCUT2D eigenvalue weighted by Crippen LogP contribution is -2.28. The average Bonchev–Trinajstić information content (AvgIpc) is 2.30. The zero-order valence-electron chi connectivity index (χ0n) is 11.1. The summed E-state index contributed by atoms with van der Waals surface area (Å²) in [5, 5.41) is 0.